The van der Waals surface area contributed by atoms with Gasteiger partial charge in [0.25, 0.3) is 0 Å². The molecule has 0 aromatic carbocycles. The molecule has 1 heterocycles. The maximum atomic E-state index is 11.4. The molecule has 0 aliphatic carbocycles. The van der Waals surface area contributed by atoms with Crippen LogP contribution in [0.15, 0.2) is 0 Å². The smallest absolute Gasteiger partial charge is 0.212 e. The highest BCUT2D eigenvalue weighted by Gasteiger charge is 2.35. The molecule has 0 amide bonds. The van der Waals surface area contributed by atoms with E-state index >= 15 is 0 Å². The van der Waals surface area contributed by atoms with Crippen LogP contribution in [0.2, 0.25) is 0 Å². The molecule has 3 nitrogen and oxygen atoms in total. The second kappa shape index (κ2) is 2.75. The zero-order valence-corrected chi connectivity index (χ0v) is 8.06. The van der Waals surface area contributed by atoms with Crippen molar-refractivity contribution in [2.75, 3.05) is 6.54 Å². The highest BCUT2D eigenvalue weighted by atomic mass is 32.2. The predicted octanol–water partition coefficient (Wildman–Crippen LogP) is 0.819. The van der Waals surface area contributed by atoms with E-state index in [9.17, 15) is 8.42 Å². The normalized spacial score (nSPS) is 27.1. The standard InChI is InChI=1S/C7H15NO2S/c1-6(2)11(9,10)8-5-4-7(8)3/h6-7H,4-5H2,1-3H3/t7-/m1/s1. The molecule has 0 saturated carbocycles. The first-order valence-corrected chi connectivity index (χ1v) is 5.47. The molecule has 0 aromatic heterocycles. The average Bonchev–Trinajstić information content (AvgIpc) is 1.83. The lowest BCUT2D eigenvalue weighted by molar-refractivity contribution is 0.215. The van der Waals surface area contributed by atoms with Crippen LogP contribution in [0.25, 0.3) is 0 Å². The molecule has 0 aromatic rings. The van der Waals surface area contributed by atoms with E-state index < -0.39 is 10.0 Å². The summed E-state index contributed by atoms with van der Waals surface area (Å²) < 4.78 is 24.5. The van der Waals surface area contributed by atoms with Crippen molar-refractivity contribution in [3.8, 4) is 0 Å². The van der Waals surface area contributed by atoms with Crippen molar-refractivity contribution < 1.29 is 8.42 Å². The van der Waals surface area contributed by atoms with Crippen LogP contribution in [0.3, 0.4) is 0 Å². The maximum Gasteiger partial charge on any atom is 0.216 e. The zero-order chi connectivity index (χ0) is 8.65. The van der Waals surface area contributed by atoms with Crippen LogP contribution in [-0.4, -0.2) is 30.6 Å². The first kappa shape index (κ1) is 9.00. The van der Waals surface area contributed by atoms with Crippen LogP contribution >= 0.6 is 0 Å². The zero-order valence-electron chi connectivity index (χ0n) is 7.24. The van der Waals surface area contributed by atoms with E-state index in [0.717, 1.165) is 6.42 Å². The van der Waals surface area contributed by atoms with E-state index in [1.165, 1.54) is 0 Å². The van der Waals surface area contributed by atoms with E-state index in [1.54, 1.807) is 18.2 Å². The number of hydrogen-bond acceptors (Lipinski definition) is 2. The van der Waals surface area contributed by atoms with Gasteiger partial charge in [-0.15, -0.1) is 0 Å². The predicted molar refractivity (Wildman–Crippen MR) is 44.8 cm³/mol. The fourth-order valence-electron chi connectivity index (χ4n) is 1.14. The molecule has 1 rings (SSSR count). The lowest BCUT2D eigenvalue weighted by atomic mass is 10.1. The third-order valence-electron chi connectivity index (χ3n) is 2.18. The molecule has 1 aliphatic heterocycles. The van der Waals surface area contributed by atoms with Gasteiger partial charge in [-0.05, 0) is 27.2 Å². The first-order chi connectivity index (χ1) is 4.96. The Morgan fingerprint density at radius 1 is 1.45 bits per heavy atom. The molecule has 0 N–H and O–H groups in total. The summed E-state index contributed by atoms with van der Waals surface area (Å²) in [5.41, 5.74) is 0. The van der Waals surface area contributed by atoms with Crippen molar-refractivity contribution in [3.05, 3.63) is 0 Å². The first-order valence-electron chi connectivity index (χ1n) is 3.97. The summed E-state index contributed by atoms with van der Waals surface area (Å²) in [6.07, 6.45) is 1.01. The fraction of sp³-hybridized carbons (Fsp3) is 1.00. The molecule has 0 unspecified atom stereocenters. The van der Waals surface area contributed by atoms with Gasteiger partial charge in [0.05, 0.1) is 5.25 Å². The minimum absolute atomic E-state index is 0.224. The van der Waals surface area contributed by atoms with Crippen molar-refractivity contribution in [1.29, 1.82) is 0 Å². The molecule has 0 bridgehead atoms. The van der Waals surface area contributed by atoms with E-state index in [0.29, 0.717) is 6.54 Å². The minimum atomic E-state index is -2.96. The lowest BCUT2D eigenvalue weighted by Gasteiger charge is -2.38. The highest BCUT2D eigenvalue weighted by molar-refractivity contribution is 7.89. The Balaban J connectivity index is 2.74. The molecular formula is C7H15NO2S. The second-order valence-corrected chi connectivity index (χ2v) is 5.78. The molecule has 11 heavy (non-hydrogen) atoms. The quantitative estimate of drug-likeness (QED) is 0.626. The number of sulfonamides is 1. The van der Waals surface area contributed by atoms with Gasteiger partial charge in [0.2, 0.25) is 10.0 Å². The van der Waals surface area contributed by atoms with Gasteiger partial charge in [-0.1, -0.05) is 0 Å². The third kappa shape index (κ3) is 1.42. The summed E-state index contributed by atoms with van der Waals surface area (Å²) in [6.45, 7) is 6.10. The van der Waals surface area contributed by atoms with Crippen LogP contribution < -0.4 is 0 Å². The average molecular weight is 177 g/mol. The van der Waals surface area contributed by atoms with Crippen LogP contribution in [0.5, 0.6) is 0 Å². The third-order valence-corrected chi connectivity index (χ3v) is 4.57. The monoisotopic (exact) mass is 177 g/mol. The molecule has 66 valence electrons. The Bertz CT molecular complexity index is 233. The SMILES string of the molecule is CC(C)S(=O)(=O)N1CC[C@H]1C. The van der Waals surface area contributed by atoms with E-state index in [4.69, 9.17) is 0 Å². The number of rotatable bonds is 2. The summed E-state index contributed by atoms with van der Waals surface area (Å²) in [5, 5.41) is -0.273. The molecular weight excluding hydrogens is 162 g/mol. The fourth-order valence-corrected chi connectivity index (χ4v) is 2.65. The summed E-state index contributed by atoms with van der Waals surface area (Å²) >= 11 is 0. The van der Waals surface area contributed by atoms with Gasteiger partial charge in [0.15, 0.2) is 0 Å². The molecule has 1 aliphatic rings. The number of hydrogen-bond donors (Lipinski definition) is 0. The summed E-state index contributed by atoms with van der Waals surface area (Å²) in [5.74, 6) is 0. The molecule has 0 spiro atoms. The van der Waals surface area contributed by atoms with E-state index in [1.807, 2.05) is 6.92 Å². The van der Waals surface area contributed by atoms with E-state index in [-0.39, 0.29) is 11.3 Å². The molecule has 0 radical (unpaired) electrons. The maximum absolute atomic E-state index is 11.4. The van der Waals surface area contributed by atoms with Gasteiger partial charge < -0.3 is 0 Å². The summed E-state index contributed by atoms with van der Waals surface area (Å²) in [6, 6.07) is 0.224. The Labute approximate surface area is 68.4 Å². The Morgan fingerprint density at radius 3 is 2.09 bits per heavy atom. The van der Waals surface area contributed by atoms with Crippen molar-refractivity contribution in [1.82, 2.24) is 4.31 Å². The van der Waals surface area contributed by atoms with Crippen molar-refractivity contribution in [2.45, 2.75) is 38.5 Å². The molecule has 1 saturated heterocycles. The van der Waals surface area contributed by atoms with E-state index in [2.05, 4.69) is 0 Å². The second-order valence-electron chi connectivity index (χ2n) is 3.34. The van der Waals surface area contributed by atoms with Crippen LogP contribution in [-0.2, 0) is 10.0 Å². The van der Waals surface area contributed by atoms with Crippen molar-refractivity contribution >= 4 is 10.0 Å². The summed E-state index contributed by atoms with van der Waals surface area (Å²) in [7, 11) is -2.96. The van der Waals surface area contributed by atoms with Gasteiger partial charge in [-0.25, -0.2) is 8.42 Å². The van der Waals surface area contributed by atoms with Gasteiger partial charge in [-0.2, -0.15) is 4.31 Å². The van der Waals surface area contributed by atoms with Crippen LogP contribution in [0, 0.1) is 0 Å². The van der Waals surface area contributed by atoms with Crippen molar-refractivity contribution in [3.63, 3.8) is 0 Å². The summed E-state index contributed by atoms with van der Waals surface area (Å²) in [4.78, 5) is 0. The van der Waals surface area contributed by atoms with Gasteiger partial charge in [-0.3, -0.25) is 0 Å². The molecule has 1 atom stereocenters. The van der Waals surface area contributed by atoms with Gasteiger partial charge in [0, 0.05) is 12.6 Å². The van der Waals surface area contributed by atoms with Crippen LogP contribution in [0.4, 0.5) is 0 Å². The lowest BCUT2D eigenvalue weighted by Crippen LogP contribution is -2.51. The van der Waals surface area contributed by atoms with Gasteiger partial charge >= 0.3 is 0 Å². The largest absolute Gasteiger partial charge is 0.216 e. The van der Waals surface area contributed by atoms with Crippen LogP contribution in [0.1, 0.15) is 27.2 Å². The minimum Gasteiger partial charge on any atom is -0.212 e. The topological polar surface area (TPSA) is 37.4 Å². The van der Waals surface area contributed by atoms with Crippen molar-refractivity contribution in [2.24, 2.45) is 0 Å². The molecule has 4 heteroatoms. The molecule has 1 fully saturated rings. The Kier molecular flexibility index (Phi) is 2.25. The Morgan fingerprint density at radius 2 is 2.00 bits per heavy atom. The Hall–Kier alpha value is -0.0900. The number of nitrogens with zero attached hydrogens (tertiary/aromatic N) is 1. The highest BCUT2D eigenvalue weighted by Crippen LogP contribution is 2.23. The van der Waals surface area contributed by atoms with Gasteiger partial charge in [0.1, 0.15) is 0 Å².